The largest absolute Gasteiger partial charge is 0.379 e. The van der Waals surface area contributed by atoms with Crippen LogP contribution >= 0.6 is 11.3 Å². The summed E-state index contributed by atoms with van der Waals surface area (Å²) < 4.78 is 41.1. The molecule has 3 heterocycles. The maximum atomic E-state index is 13.3. The Morgan fingerprint density at radius 1 is 0.857 bits per heavy atom. The molecular formula is C25H30N4O4S2. The molecule has 8 nitrogen and oxygen atoms in total. The normalized spacial score (nSPS) is 18.7. The first-order valence-electron chi connectivity index (χ1n) is 11.9. The van der Waals surface area contributed by atoms with E-state index in [0.717, 1.165) is 61.1 Å². The van der Waals surface area contributed by atoms with Gasteiger partial charge in [-0.25, -0.2) is 13.4 Å². The molecule has 2 saturated heterocycles. The van der Waals surface area contributed by atoms with Crippen LogP contribution in [-0.4, -0.2) is 81.3 Å². The summed E-state index contributed by atoms with van der Waals surface area (Å²) in [5, 5.41) is 2.07. The minimum Gasteiger partial charge on any atom is -0.379 e. The average Bonchev–Trinajstić information content (AvgIpc) is 3.31. The number of hydrogen-bond acceptors (Lipinski definition) is 7. The number of benzene rings is 2. The van der Waals surface area contributed by atoms with Gasteiger partial charge < -0.3 is 14.0 Å². The van der Waals surface area contributed by atoms with Gasteiger partial charge in [0.15, 0.2) is 4.80 Å². The van der Waals surface area contributed by atoms with Gasteiger partial charge in [0, 0.05) is 50.2 Å². The second-order valence-corrected chi connectivity index (χ2v) is 11.3. The van der Waals surface area contributed by atoms with Crippen molar-refractivity contribution in [3.05, 3.63) is 64.8 Å². The third-order valence-electron chi connectivity index (χ3n) is 6.26. The Hall–Kier alpha value is -2.34. The average molecular weight is 515 g/mol. The SMILES string of the molecule is O=S(=O)(c1cccc(-c2csc(=Nc3ccccc3)n2CCN2CCOCC2)c1)N1CCOCC1. The van der Waals surface area contributed by atoms with E-state index in [1.54, 1.807) is 23.5 Å². The predicted octanol–water partition coefficient (Wildman–Crippen LogP) is 2.80. The topological polar surface area (TPSA) is 76.4 Å². The number of rotatable bonds is 7. The van der Waals surface area contributed by atoms with E-state index in [2.05, 4.69) is 14.8 Å². The maximum Gasteiger partial charge on any atom is 0.243 e. The molecule has 0 atom stereocenters. The fraction of sp³-hybridized carbons (Fsp3) is 0.400. The lowest BCUT2D eigenvalue weighted by molar-refractivity contribution is 0.0363. The molecule has 0 saturated carbocycles. The highest BCUT2D eigenvalue weighted by atomic mass is 32.2. The number of thiazole rings is 1. The molecule has 2 fully saturated rings. The molecule has 0 unspecified atom stereocenters. The van der Waals surface area contributed by atoms with Gasteiger partial charge in [-0.05, 0) is 24.3 Å². The van der Waals surface area contributed by atoms with Crippen LogP contribution in [0.2, 0.25) is 0 Å². The van der Waals surface area contributed by atoms with Crippen LogP contribution in [0.15, 0.2) is 69.9 Å². The number of para-hydroxylation sites is 1. The molecule has 0 N–H and O–H groups in total. The third kappa shape index (κ3) is 5.74. The van der Waals surface area contributed by atoms with Crippen molar-refractivity contribution in [2.45, 2.75) is 11.4 Å². The predicted molar refractivity (Wildman–Crippen MR) is 136 cm³/mol. The van der Waals surface area contributed by atoms with E-state index >= 15 is 0 Å². The number of sulfonamides is 1. The van der Waals surface area contributed by atoms with E-state index in [0.29, 0.717) is 31.2 Å². The Kier molecular flexibility index (Phi) is 7.76. The molecular weight excluding hydrogens is 484 g/mol. The highest BCUT2D eigenvalue weighted by Crippen LogP contribution is 2.26. The van der Waals surface area contributed by atoms with Gasteiger partial charge in [0.05, 0.1) is 42.7 Å². The Morgan fingerprint density at radius 3 is 2.31 bits per heavy atom. The van der Waals surface area contributed by atoms with Gasteiger partial charge in [-0.3, -0.25) is 4.90 Å². The van der Waals surface area contributed by atoms with Crippen LogP contribution in [0.25, 0.3) is 11.3 Å². The molecule has 0 amide bonds. The number of hydrogen-bond donors (Lipinski definition) is 0. The Morgan fingerprint density at radius 2 is 1.57 bits per heavy atom. The van der Waals surface area contributed by atoms with E-state index in [1.807, 2.05) is 42.5 Å². The van der Waals surface area contributed by atoms with Gasteiger partial charge in [0.1, 0.15) is 0 Å². The maximum absolute atomic E-state index is 13.3. The zero-order chi connectivity index (χ0) is 24.1. The summed E-state index contributed by atoms with van der Waals surface area (Å²) in [6, 6.07) is 17.2. The summed E-state index contributed by atoms with van der Waals surface area (Å²) in [5.41, 5.74) is 2.73. The quantitative estimate of drug-likeness (QED) is 0.485. The monoisotopic (exact) mass is 514 g/mol. The summed E-state index contributed by atoms with van der Waals surface area (Å²) in [4.78, 5) is 8.49. The van der Waals surface area contributed by atoms with Crippen molar-refractivity contribution >= 4 is 27.0 Å². The summed E-state index contributed by atoms with van der Waals surface area (Å²) in [7, 11) is -3.57. The smallest absolute Gasteiger partial charge is 0.243 e. The molecule has 2 aliphatic heterocycles. The second-order valence-electron chi connectivity index (χ2n) is 8.50. The lowest BCUT2D eigenvalue weighted by atomic mass is 10.2. The lowest BCUT2D eigenvalue weighted by Gasteiger charge is -2.27. The van der Waals surface area contributed by atoms with Crippen LogP contribution in [0.1, 0.15) is 0 Å². The summed E-state index contributed by atoms with van der Waals surface area (Å²) in [5.74, 6) is 0. The van der Waals surface area contributed by atoms with Crippen molar-refractivity contribution in [2.75, 3.05) is 59.2 Å². The number of ether oxygens (including phenoxy) is 2. The molecule has 0 aliphatic carbocycles. The van der Waals surface area contributed by atoms with Crippen molar-refractivity contribution in [1.29, 1.82) is 0 Å². The van der Waals surface area contributed by atoms with Gasteiger partial charge in [-0.1, -0.05) is 30.3 Å². The molecule has 0 spiro atoms. The molecule has 0 radical (unpaired) electrons. The molecule has 0 bridgehead atoms. The van der Waals surface area contributed by atoms with Crippen molar-refractivity contribution in [3.8, 4) is 11.3 Å². The Bertz CT molecular complexity index is 1290. The fourth-order valence-corrected chi connectivity index (χ4v) is 6.71. The summed E-state index contributed by atoms with van der Waals surface area (Å²) >= 11 is 1.57. The number of morpholine rings is 2. The molecule has 35 heavy (non-hydrogen) atoms. The van der Waals surface area contributed by atoms with Crippen LogP contribution in [0.3, 0.4) is 0 Å². The molecule has 3 aromatic rings. The first kappa shape index (κ1) is 24.4. The zero-order valence-corrected chi connectivity index (χ0v) is 21.2. The first-order valence-corrected chi connectivity index (χ1v) is 14.2. The lowest BCUT2D eigenvalue weighted by Crippen LogP contribution is -2.40. The minimum atomic E-state index is -3.57. The summed E-state index contributed by atoms with van der Waals surface area (Å²) in [6.45, 7) is 6.58. The highest BCUT2D eigenvalue weighted by molar-refractivity contribution is 7.89. The molecule has 5 rings (SSSR count). The molecule has 1 aromatic heterocycles. The van der Waals surface area contributed by atoms with Crippen molar-refractivity contribution in [1.82, 2.24) is 13.8 Å². The highest BCUT2D eigenvalue weighted by Gasteiger charge is 2.26. The number of aromatic nitrogens is 1. The molecule has 2 aromatic carbocycles. The fourth-order valence-electron chi connectivity index (χ4n) is 4.30. The Labute approximate surface area is 210 Å². The van der Waals surface area contributed by atoms with Crippen LogP contribution in [0.4, 0.5) is 5.69 Å². The van der Waals surface area contributed by atoms with Crippen LogP contribution in [0, 0.1) is 0 Å². The molecule has 186 valence electrons. The van der Waals surface area contributed by atoms with Gasteiger partial charge >= 0.3 is 0 Å². The van der Waals surface area contributed by atoms with E-state index in [4.69, 9.17) is 14.5 Å². The van der Waals surface area contributed by atoms with Crippen molar-refractivity contribution in [3.63, 3.8) is 0 Å². The van der Waals surface area contributed by atoms with Crippen LogP contribution in [-0.2, 0) is 26.0 Å². The minimum absolute atomic E-state index is 0.310. The molecule has 10 heteroatoms. The van der Waals surface area contributed by atoms with Gasteiger partial charge in [-0.2, -0.15) is 4.31 Å². The standard InChI is InChI=1S/C25H30N4O4S2/c30-35(31,28-13-17-33-18-14-28)23-8-4-5-21(19-23)24-20-34-25(26-22-6-2-1-3-7-22)29(24)10-9-27-11-15-32-16-12-27/h1-8,19-20H,9-18H2. The molecule has 2 aliphatic rings. The van der Waals surface area contributed by atoms with E-state index < -0.39 is 10.0 Å². The van der Waals surface area contributed by atoms with E-state index in [-0.39, 0.29) is 0 Å². The summed E-state index contributed by atoms with van der Waals surface area (Å²) in [6.07, 6.45) is 0. The van der Waals surface area contributed by atoms with Crippen LogP contribution < -0.4 is 4.80 Å². The van der Waals surface area contributed by atoms with Crippen molar-refractivity contribution in [2.24, 2.45) is 4.99 Å². The Balaban J connectivity index is 1.50. The third-order valence-corrected chi connectivity index (χ3v) is 9.02. The van der Waals surface area contributed by atoms with E-state index in [1.165, 1.54) is 4.31 Å². The first-order chi connectivity index (χ1) is 17.1. The van der Waals surface area contributed by atoms with Gasteiger partial charge in [0.25, 0.3) is 0 Å². The second kappa shape index (κ2) is 11.2. The van der Waals surface area contributed by atoms with Crippen LogP contribution in [0.5, 0.6) is 0 Å². The van der Waals surface area contributed by atoms with Gasteiger partial charge in [-0.15, -0.1) is 11.3 Å². The van der Waals surface area contributed by atoms with Gasteiger partial charge in [0.2, 0.25) is 10.0 Å². The zero-order valence-electron chi connectivity index (χ0n) is 19.6. The number of nitrogens with zero attached hydrogens (tertiary/aromatic N) is 4. The van der Waals surface area contributed by atoms with Crippen molar-refractivity contribution < 1.29 is 17.9 Å². The van der Waals surface area contributed by atoms with E-state index in [9.17, 15) is 8.42 Å².